The lowest BCUT2D eigenvalue weighted by Gasteiger charge is -2.33. The molecule has 1 aliphatic rings. The number of likely N-dealkylation sites (N-methyl/N-ethyl adjacent to an activating group) is 2. The third-order valence-electron chi connectivity index (χ3n) is 4.28. The Morgan fingerprint density at radius 3 is 2.50 bits per heavy atom. The van der Waals surface area contributed by atoms with E-state index in [1.54, 1.807) is 0 Å². The Labute approximate surface area is 161 Å². The van der Waals surface area contributed by atoms with Crippen molar-refractivity contribution >= 4 is 45.2 Å². The third-order valence-corrected chi connectivity index (χ3v) is 5.72. The van der Waals surface area contributed by atoms with Crippen LogP contribution in [0.4, 0.5) is 0 Å². The molecule has 22 heavy (non-hydrogen) atoms. The second kappa shape index (κ2) is 9.00. The van der Waals surface area contributed by atoms with Gasteiger partial charge in [-0.05, 0) is 70.9 Å². The molecule has 124 valence electrons. The summed E-state index contributed by atoms with van der Waals surface area (Å²) >= 11 is 4.52. The van der Waals surface area contributed by atoms with Crippen LogP contribution in [0.3, 0.4) is 0 Å². The summed E-state index contributed by atoms with van der Waals surface area (Å²) in [6.45, 7) is 10.9. The fourth-order valence-electron chi connectivity index (χ4n) is 2.68. The summed E-state index contributed by atoms with van der Waals surface area (Å²) in [5, 5.41) is 10.3. The Kier molecular flexibility index (Phi) is 7.65. The monoisotopic (exact) mass is 529 g/mol. The van der Waals surface area contributed by atoms with Crippen molar-refractivity contribution in [2.45, 2.75) is 13.5 Å². The number of aromatic hydroxyl groups is 1. The number of rotatable bonds is 6. The predicted octanol–water partition coefficient (Wildman–Crippen LogP) is 2.67. The van der Waals surface area contributed by atoms with E-state index in [-0.39, 0.29) is 0 Å². The molecule has 1 aromatic carbocycles. The summed E-state index contributed by atoms with van der Waals surface area (Å²) in [7, 11) is 2.19. The van der Waals surface area contributed by atoms with Crippen LogP contribution in [0.2, 0.25) is 0 Å². The van der Waals surface area contributed by atoms with Gasteiger partial charge in [-0.1, -0.05) is 6.92 Å². The van der Waals surface area contributed by atoms with Crippen LogP contribution in [0.25, 0.3) is 0 Å². The number of phenolic OH excluding ortho intramolecular Hbond substituents is 1. The second-order valence-corrected chi connectivity index (χ2v) is 8.32. The number of hydrogen-bond donors (Lipinski definition) is 1. The van der Waals surface area contributed by atoms with Gasteiger partial charge in [0, 0.05) is 54.9 Å². The van der Waals surface area contributed by atoms with E-state index in [4.69, 9.17) is 0 Å². The molecule has 0 aliphatic carbocycles. The summed E-state index contributed by atoms with van der Waals surface area (Å²) in [5.74, 6) is 0.444. The molecule has 0 saturated carbocycles. The molecule has 1 heterocycles. The second-order valence-electron chi connectivity index (χ2n) is 5.91. The summed E-state index contributed by atoms with van der Waals surface area (Å²) in [5.41, 5.74) is 1.04. The van der Waals surface area contributed by atoms with Crippen molar-refractivity contribution < 1.29 is 5.11 Å². The predicted molar refractivity (Wildman–Crippen MR) is 108 cm³/mol. The van der Waals surface area contributed by atoms with Gasteiger partial charge in [0.05, 0.1) is 3.57 Å². The molecule has 0 spiro atoms. The Morgan fingerprint density at radius 1 is 1.18 bits per heavy atom. The Hall–Kier alpha value is 0.360. The minimum Gasteiger partial charge on any atom is -0.507 e. The zero-order chi connectivity index (χ0) is 16.1. The lowest BCUT2D eigenvalue weighted by Crippen LogP contribution is -2.46. The topological polar surface area (TPSA) is 30.0 Å². The zero-order valence-electron chi connectivity index (χ0n) is 13.4. The average molecular weight is 529 g/mol. The quantitative estimate of drug-likeness (QED) is 0.575. The van der Waals surface area contributed by atoms with Crippen molar-refractivity contribution in [3.63, 3.8) is 0 Å². The first-order valence-corrected chi connectivity index (χ1v) is 9.95. The van der Waals surface area contributed by atoms with Crippen molar-refractivity contribution in [1.29, 1.82) is 0 Å². The summed E-state index contributed by atoms with van der Waals surface area (Å²) in [4.78, 5) is 7.35. The molecule has 1 fully saturated rings. The minimum atomic E-state index is 0.444. The van der Waals surface area contributed by atoms with E-state index >= 15 is 0 Å². The highest BCUT2D eigenvalue weighted by Gasteiger charge is 2.16. The number of hydrogen-bond acceptors (Lipinski definition) is 4. The highest BCUT2D eigenvalue weighted by molar-refractivity contribution is 14.1. The molecule has 1 saturated heterocycles. The number of nitrogens with zero attached hydrogens (tertiary/aromatic N) is 3. The molecule has 1 aliphatic heterocycles. The molecule has 6 heteroatoms. The van der Waals surface area contributed by atoms with Crippen molar-refractivity contribution in [1.82, 2.24) is 14.7 Å². The number of halogens is 2. The van der Waals surface area contributed by atoms with Gasteiger partial charge >= 0.3 is 0 Å². The lowest BCUT2D eigenvalue weighted by atomic mass is 10.2. The van der Waals surface area contributed by atoms with Gasteiger partial charge in [0.25, 0.3) is 0 Å². The Balaban J connectivity index is 1.89. The standard InChI is InChI=1S/C16H25I2N3O/c1-3-20(8-9-21-6-4-19(2)5-7-21)12-13-10-14(17)11-15(18)16(13)22/h10-11,22H,3-9,12H2,1-2H3. The van der Waals surface area contributed by atoms with Crippen molar-refractivity contribution in [2.75, 3.05) is 52.9 Å². The van der Waals surface area contributed by atoms with E-state index in [2.05, 4.69) is 79.9 Å². The van der Waals surface area contributed by atoms with Crippen LogP contribution in [-0.4, -0.2) is 72.7 Å². The van der Waals surface area contributed by atoms with Crippen LogP contribution in [0.15, 0.2) is 12.1 Å². The molecule has 4 nitrogen and oxygen atoms in total. The van der Waals surface area contributed by atoms with Crippen LogP contribution in [-0.2, 0) is 6.54 Å². The van der Waals surface area contributed by atoms with Crippen LogP contribution in [0.5, 0.6) is 5.75 Å². The summed E-state index contributed by atoms with van der Waals surface area (Å²) in [6.07, 6.45) is 0. The Morgan fingerprint density at radius 2 is 1.86 bits per heavy atom. The number of phenols is 1. The van der Waals surface area contributed by atoms with Crippen LogP contribution in [0.1, 0.15) is 12.5 Å². The highest BCUT2D eigenvalue weighted by Crippen LogP contribution is 2.28. The van der Waals surface area contributed by atoms with E-state index in [9.17, 15) is 5.11 Å². The van der Waals surface area contributed by atoms with Crippen LogP contribution < -0.4 is 0 Å². The van der Waals surface area contributed by atoms with E-state index < -0.39 is 0 Å². The molecule has 0 aromatic heterocycles. The first kappa shape index (κ1) is 18.7. The maximum absolute atomic E-state index is 10.3. The number of piperazine rings is 1. The molecular formula is C16H25I2N3O. The summed E-state index contributed by atoms with van der Waals surface area (Å²) < 4.78 is 2.12. The fraction of sp³-hybridized carbons (Fsp3) is 0.625. The highest BCUT2D eigenvalue weighted by atomic mass is 127. The molecule has 1 aromatic rings. The van der Waals surface area contributed by atoms with Crippen molar-refractivity contribution in [3.05, 3.63) is 24.8 Å². The minimum absolute atomic E-state index is 0.444. The maximum Gasteiger partial charge on any atom is 0.133 e. The van der Waals surface area contributed by atoms with E-state index in [1.807, 2.05) is 6.07 Å². The molecular weight excluding hydrogens is 504 g/mol. The van der Waals surface area contributed by atoms with Gasteiger partial charge in [0.15, 0.2) is 0 Å². The van der Waals surface area contributed by atoms with Gasteiger partial charge in [-0.25, -0.2) is 0 Å². The van der Waals surface area contributed by atoms with Gasteiger partial charge in [-0.15, -0.1) is 0 Å². The fourth-order valence-corrected chi connectivity index (χ4v) is 4.65. The van der Waals surface area contributed by atoms with Gasteiger partial charge in [0.1, 0.15) is 5.75 Å². The van der Waals surface area contributed by atoms with Gasteiger partial charge in [-0.3, -0.25) is 9.80 Å². The van der Waals surface area contributed by atoms with E-state index in [0.717, 1.165) is 35.3 Å². The van der Waals surface area contributed by atoms with Crippen molar-refractivity contribution in [3.8, 4) is 5.75 Å². The molecule has 0 amide bonds. The SMILES string of the molecule is CCN(CCN1CCN(C)CC1)Cc1cc(I)cc(I)c1O. The lowest BCUT2D eigenvalue weighted by molar-refractivity contribution is 0.134. The molecule has 0 unspecified atom stereocenters. The molecule has 2 rings (SSSR count). The third kappa shape index (κ3) is 5.47. The Bertz CT molecular complexity index is 491. The van der Waals surface area contributed by atoms with Gasteiger partial charge < -0.3 is 10.0 Å². The molecule has 0 radical (unpaired) electrons. The van der Waals surface area contributed by atoms with Gasteiger partial charge in [0.2, 0.25) is 0 Å². The first-order valence-electron chi connectivity index (χ1n) is 7.79. The zero-order valence-corrected chi connectivity index (χ0v) is 17.7. The van der Waals surface area contributed by atoms with E-state index in [1.165, 1.54) is 29.7 Å². The molecule has 0 bridgehead atoms. The van der Waals surface area contributed by atoms with Crippen LogP contribution >= 0.6 is 45.2 Å². The molecule has 1 N–H and O–H groups in total. The van der Waals surface area contributed by atoms with Gasteiger partial charge in [-0.2, -0.15) is 0 Å². The maximum atomic E-state index is 10.3. The summed E-state index contributed by atoms with van der Waals surface area (Å²) in [6, 6.07) is 4.11. The first-order chi connectivity index (χ1) is 10.5. The average Bonchev–Trinajstić information content (AvgIpc) is 2.49. The normalized spacial score (nSPS) is 17.3. The number of benzene rings is 1. The molecule has 0 atom stereocenters. The van der Waals surface area contributed by atoms with E-state index in [0.29, 0.717) is 5.75 Å². The smallest absolute Gasteiger partial charge is 0.133 e. The van der Waals surface area contributed by atoms with Crippen LogP contribution in [0, 0.1) is 7.14 Å². The largest absolute Gasteiger partial charge is 0.507 e. The van der Waals surface area contributed by atoms with Crippen molar-refractivity contribution in [2.24, 2.45) is 0 Å².